The fraction of sp³-hybridized carbons (Fsp3) is 0.846. The first-order valence-corrected chi connectivity index (χ1v) is 11.6. The van der Waals surface area contributed by atoms with Gasteiger partial charge in [-0.3, -0.25) is 0 Å². The summed E-state index contributed by atoms with van der Waals surface area (Å²) in [4.78, 5) is 0. The van der Waals surface area contributed by atoms with E-state index in [1.807, 2.05) is 0 Å². The van der Waals surface area contributed by atoms with Crippen LogP contribution in [-0.4, -0.2) is 0 Å². The van der Waals surface area contributed by atoms with E-state index in [2.05, 4.69) is 47.8 Å². The third kappa shape index (κ3) is 9.98. The molecule has 0 aromatic rings. The lowest BCUT2D eigenvalue weighted by Gasteiger charge is -2.30. The highest BCUT2D eigenvalue weighted by molar-refractivity contribution is 5.02. The van der Waals surface area contributed by atoms with Gasteiger partial charge in [0.15, 0.2) is 0 Å². The Morgan fingerprint density at radius 3 is 2.38 bits per heavy atom. The average Bonchev–Trinajstić information content (AvgIpc) is 2.54. The van der Waals surface area contributed by atoms with Gasteiger partial charge in [0, 0.05) is 0 Å². The SMILES string of the molecule is C=C(CCCC(=C)CC(C)(CC)CCCC(C)C)C[C@H]1CCC[C@@H](C)C1. The summed E-state index contributed by atoms with van der Waals surface area (Å²) >= 11 is 0. The highest BCUT2D eigenvalue weighted by atomic mass is 14.3. The Morgan fingerprint density at radius 2 is 1.77 bits per heavy atom. The molecule has 0 bridgehead atoms. The standard InChI is InChI=1S/C26H48/c1-8-26(7,17-11-12-21(2)3)20-24(6)15-9-13-22(4)18-25-16-10-14-23(5)19-25/h21,23,25H,4,6,8-20H2,1-3,5,7H3/t23-,25-,26?/m1/s1. The maximum Gasteiger partial charge on any atom is -0.0269 e. The molecule has 0 nitrogen and oxygen atoms in total. The minimum Gasteiger partial charge on any atom is -0.0999 e. The lowest BCUT2D eigenvalue weighted by Crippen LogP contribution is -2.16. The summed E-state index contributed by atoms with van der Waals surface area (Å²) in [6.07, 6.45) is 17.2. The van der Waals surface area contributed by atoms with Gasteiger partial charge >= 0.3 is 0 Å². The van der Waals surface area contributed by atoms with Gasteiger partial charge in [0.25, 0.3) is 0 Å². The summed E-state index contributed by atoms with van der Waals surface area (Å²) < 4.78 is 0. The molecule has 152 valence electrons. The van der Waals surface area contributed by atoms with Crippen LogP contribution in [0.1, 0.15) is 118 Å². The van der Waals surface area contributed by atoms with Crippen molar-refractivity contribution in [1.29, 1.82) is 0 Å². The lowest BCUT2D eigenvalue weighted by molar-refractivity contribution is 0.263. The van der Waals surface area contributed by atoms with E-state index in [0.29, 0.717) is 5.41 Å². The minimum atomic E-state index is 0.460. The Labute approximate surface area is 165 Å². The molecule has 26 heavy (non-hydrogen) atoms. The molecule has 1 rings (SSSR count). The van der Waals surface area contributed by atoms with Crippen LogP contribution in [0.4, 0.5) is 0 Å². The first-order valence-electron chi connectivity index (χ1n) is 11.6. The summed E-state index contributed by atoms with van der Waals surface area (Å²) in [6, 6.07) is 0. The number of hydrogen-bond donors (Lipinski definition) is 0. The Morgan fingerprint density at radius 1 is 1.08 bits per heavy atom. The molecule has 0 heteroatoms. The monoisotopic (exact) mass is 360 g/mol. The van der Waals surface area contributed by atoms with Gasteiger partial charge < -0.3 is 0 Å². The molecule has 0 heterocycles. The minimum absolute atomic E-state index is 0.460. The Balaban J connectivity index is 2.24. The molecule has 0 aliphatic heterocycles. The topological polar surface area (TPSA) is 0 Å². The Hall–Kier alpha value is -0.520. The second-order valence-electron chi connectivity index (χ2n) is 10.3. The largest absolute Gasteiger partial charge is 0.0999 e. The van der Waals surface area contributed by atoms with E-state index < -0.39 is 0 Å². The predicted octanol–water partition coefficient (Wildman–Crippen LogP) is 9.12. The maximum atomic E-state index is 4.42. The second-order valence-corrected chi connectivity index (χ2v) is 10.3. The Kier molecular flexibility index (Phi) is 10.9. The molecular formula is C26H48. The van der Waals surface area contributed by atoms with Crippen molar-refractivity contribution >= 4 is 0 Å². The molecule has 0 radical (unpaired) electrons. The zero-order valence-corrected chi connectivity index (χ0v) is 18.8. The van der Waals surface area contributed by atoms with Gasteiger partial charge in [-0.15, -0.1) is 0 Å². The van der Waals surface area contributed by atoms with Crippen LogP contribution in [0.3, 0.4) is 0 Å². The number of rotatable bonds is 13. The molecule has 1 unspecified atom stereocenters. The van der Waals surface area contributed by atoms with E-state index in [1.165, 1.54) is 94.6 Å². The van der Waals surface area contributed by atoms with Crippen molar-refractivity contribution in [1.82, 2.24) is 0 Å². The highest BCUT2D eigenvalue weighted by Gasteiger charge is 2.23. The van der Waals surface area contributed by atoms with Crippen LogP contribution in [0, 0.1) is 23.2 Å². The maximum absolute atomic E-state index is 4.42. The van der Waals surface area contributed by atoms with Crippen molar-refractivity contribution in [2.24, 2.45) is 23.2 Å². The third-order valence-electron chi connectivity index (χ3n) is 6.78. The molecule has 0 N–H and O–H groups in total. The van der Waals surface area contributed by atoms with Gasteiger partial charge in [-0.25, -0.2) is 0 Å². The van der Waals surface area contributed by atoms with E-state index >= 15 is 0 Å². The molecule has 3 atom stereocenters. The molecule has 0 aromatic carbocycles. The lowest BCUT2D eigenvalue weighted by atomic mass is 9.76. The van der Waals surface area contributed by atoms with Crippen molar-refractivity contribution in [2.75, 3.05) is 0 Å². The molecule has 1 saturated carbocycles. The number of allylic oxidation sites excluding steroid dienone is 2. The summed E-state index contributed by atoms with van der Waals surface area (Å²) in [5.74, 6) is 2.68. The summed E-state index contributed by atoms with van der Waals surface area (Å²) in [7, 11) is 0. The van der Waals surface area contributed by atoms with E-state index in [-0.39, 0.29) is 0 Å². The van der Waals surface area contributed by atoms with Crippen LogP contribution in [0.5, 0.6) is 0 Å². The van der Waals surface area contributed by atoms with Gasteiger partial charge in [-0.2, -0.15) is 0 Å². The van der Waals surface area contributed by atoms with Crippen LogP contribution >= 0.6 is 0 Å². The van der Waals surface area contributed by atoms with Crippen LogP contribution < -0.4 is 0 Å². The first-order chi connectivity index (χ1) is 12.2. The fourth-order valence-corrected chi connectivity index (χ4v) is 4.86. The molecule has 1 fully saturated rings. The van der Waals surface area contributed by atoms with Gasteiger partial charge in [0.1, 0.15) is 0 Å². The van der Waals surface area contributed by atoms with E-state index in [4.69, 9.17) is 0 Å². The fourth-order valence-electron chi connectivity index (χ4n) is 4.86. The van der Waals surface area contributed by atoms with Crippen LogP contribution in [0.25, 0.3) is 0 Å². The number of hydrogen-bond acceptors (Lipinski definition) is 0. The smallest absolute Gasteiger partial charge is 0.0269 e. The summed E-state index contributed by atoms with van der Waals surface area (Å²) in [5.41, 5.74) is 3.42. The second kappa shape index (κ2) is 12.0. The summed E-state index contributed by atoms with van der Waals surface area (Å²) in [5, 5.41) is 0. The van der Waals surface area contributed by atoms with Crippen molar-refractivity contribution in [3.63, 3.8) is 0 Å². The third-order valence-corrected chi connectivity index (χ3v) is 6.78. The van der Waals surface area contributed by atoms with Crippen LogP contribution in [-0.2, 0) is 0 Å². The van der Waals surface area contributed by atoms with Crippen LogP contribution in [0.15, 0.2) is 24.3 Å². The van der Waals surface area contributed by atoms with Crippen molar-refractivity contribution in [2.45, 2.75) is 118 Å². The Bertz CT molecular complexity index is 416. The van der Waals surface area contributed by atoms with Gasteiger partial charge in [0.05, 0.1) is 0 Å². The molecule has 1 aliphatic rings. The van der Waals surface area contributed by atoms with Crippen molar-refractivity contribution in [3.05, 3.63) is 24.3 Å². The quantitative estimate of drug-likeness (QED) is 0.287. The molecular weight excluding hydrogens is 312 g/mol. The van der Waals surface area contributed by atoms with Gasteiger partial charge in [-0.05, 0) is 68.1 Å². The van der Waals surface area contributed by atoms with Crippen LogP contribution in [0.2, 0.25) is 0 Å². The molecule has 0 spiro atoms. The van der Waals surface area contributed by atoms with E-state index in [9.17, 15) is 0 Å². The highest BCUT2D eigenvalue weighted by Crippen LogP contribution is 2.37. The van der Waals surface area contributed by atoms with Gasteiger partial charge in [0.2, 0.25) is 0 Å². The van der Waals surface area contributed by atoms with Crippen molar-refractivity contribution in [3.8, 4) is 0 Å². The summed E-state index contributed by atoms with van der Waals surface area (Å²) in [6.45, 7) is 20.7. The first kappa shape index (κ1) is 23.5. The molecule has 0 aromatic heterocycles. The van der Waals surface area contributed by atoms with Gasteiger partial charge in [-0.1, -0.05) is 97.4 Å². The zero-order valence-electron chi connectivity index (χ0n) is 18.8. The van der Waals surface area contributed by atoms with E-state index in [1.54, 1.807) is 0 Å². The zero-order chi connectivity index (χ0) is 19.6. The van der Waals surface area contributed by atoms with E-state index in [0.717, 1.165) is 17.8 Å². The predicted molar refractivity (Wildman–Crippen MR) is 120 cm³/mol. The molecule has 1 aliphatic carbocycles. The normalized spacial score (nSPS) is 23.0. The van der Waals surface area contributed by atoms with Crippen molar-refractivity contribution < 1.29 is 0 Å². The molecule has 0 saturated heterocycles. The molecule has 0 amide bonds. The average molecular weight is 361 g/mol.